The van der Waals surface area contributed by atoms with Crippen LogP contribution in [-0.2, 0) is 4.74 Å². The molecule has 26 heavy (non-hydrogen) atoms. The van der Waals surface area contributed by atoms with Crippen molar-refractivity contribution >= 4 is 22.9 Å². The molecular formula is C17H25N7O2. The molecule has 1 spiro atoms. The molecule has 3 fully saturated rings. The van der Waals surface area contributed by atoms with E-state index in [0.29, 0.717) is 29.9 Å². The zero-order valence-corrected chi connectivity index (χ0v) is 15.2. The first-order valence-electron chi connectivity index (χ1n) is 9.57. The Morgan fingerprint density at radius 2 is 1.58 bits per heavy atom. The molecule has 9 heteroatoms. The third kappa shape index (κ3) is 2.69. The molecule has 3 saturated heterocycles. The van der Waals surface area contributed by atoms with Crippen LogP contribution in [0.5, 0.6) is 0 Å². The van der Waals surface area contributed by atoms with Gasteiger partial charge in [0, 0.05) is 38.1 Å². The van der Waals surface area contributed by atoms with Crippen LogP contribution in [-0.4, -0.2) is 84.2 Å². The van der Waals surface area contributed by atoms with Crippen LogP contribution < -0.4 is 9.80 Å². The molecule has 0 radical (unpaired) electrons. The Kier molecular flexibility index (Phi) is 3.93. The highest BCUT2D eigenvalue weighted by Gasteiger charge is 2.44. The summed E-state index contributed by atoms with van der Waals surface area (Å²) in [5.74, 6) is 1.81. The number of likely N-dealkylation sites (tertiary alicyclic amines) is 1. The number of morpholine rings is 1. The highest BCUT2D eigenvalue weighted by atomic mass is 16.6. The Morgan fingerprint density at radius 3 is 2.27 bits per heavy atom. The number of fused-ring (bicyclic) bond motifs is 1. The van der Waals surface area contributed by atoms with Crippen LogP contribution in [0.4, 0.5) is 11.6 Å². The van der Waals surface area contributed by atoms with E-state index in [0.717, 1.165) is 44.4 Å². The summed E-state index contributed by atoms with van der Waals surface area (Å²) in [4.78, 5) is 16.7. The van der Waals surface area contributed by atoms with E-state index in [1.165, 1.54) is 25.9 Å². The van der Waals surface area contributed by atoms with Crippen molar-refractivity contribution in [2.24, 2.45) is 5.41 Å². The van der Waals surface area contributed by atoms with Crippen molar-refractivity contribution in [3.8, 4) is 0 Å². The average Bonchev–Trinajstić information content (AvgIpc) is 3.41. The summed E-state index contributed by atoms with van der Waals surface area (Å²) in [6.07, 6.45) is 2.48. The Labute approximate surface area is 152 Å². The second kappa shape index (κ2) is 6.31. The second-order valence-electron chi connectivity index (χ2n) is 7.67. The quantitative estimate of drug-likeness (QED) is 0.789. The molecule has 2 aromatic heterocycles. The maximum absolute atomic E-state index is 5.50. The topological polar surface area (TPSA) is 83.7 Å². The SMILES string of the molecule is CCN1CCC2(CCN(c3nc4nonc4nc3N3CCOCC3)C2)C1. The number of aromatic nitrogens is 4. The molecule has 140 valence electrons. The Morgan fingerprint density at radius 1 is 0.885 bits per heavy atom. The lowest BCUT2D eigenvalue weighted by atomic mass is 9.86. The predicted octanol–water partition coefficient (Wildman–Crippen LogP) is 0.771. The maximum Gasteiger partial charge on any atom is 0.245 e. The van der Waals surface area contributed by atoms with Crippen LogP contribution in [0.1, 0.15) is 19.8 Å². The van der Waals surface area contributed by atoms with Crippen LogP contribution in [0, 0.1) is 5.41 Å². The number of ether oxygens (including phenoxy) is 1. The molecule has 0 saturated carbocycles. The van der Waals surface area contributed by atoms with Crippen molar-refractivity contribution in [1.29, 1.82) is 0 Å². The maximum atomic E-state index is 5.50. The van der Waals surface area contributed by atoms with Gasteiger partial charge in [0.2, 0.25) is 11.3 Å². The Balaban J connectivity index is 1.47. The van der Waals surface area contributed by atoms with Crippen molar-refractivity contribution in [3.63, 3.8) is 0 Å². The number of hydrogen-bond acceptors (Lipinski definition) is 9. The molecule has 0 aliphatic carbocycles. The van der Waals surface area contributed by atoms with Gasteiger partial charge in [0.25, 0.3) is 0 Å². The first-order chi connectivity index (χ1) is 12.8. The highest BCUT2D eigenvalue weighted by molar-refractivity contribution is 5.75. The molecule has 1 unspecified atom stereocenters. The van der Waals surface area contributed by atoms with E-state index in [2.05, 4.69) is 31.9 Å². The predicted molar refractivity (Wildman–Crippen MR) is 96.4 cm³/mol. The molecule has 3 aliphatic rings. The van der Waals surface area contributed by atoms with Gasteiger partial charge in [-0.2, -0.15) is 0 Å². The molecule has 5 heterocycles. The van der Waals surface area contributed by atoms with Gasteiger partial charge in [-0.05, 0) is 36.2 Å². The van der Waals surface area contributed by atoms with Gasteiger partial charge in [0.1, 0.15) is 0 Å². The van der Waals surface area contributed by atoms with E-state index in [9.17, 15) is 0 Å². The van der Waals surface area contributed by atoms with E-state index < -0.39 is 0 Å². The lowest BCUT2D eigenvalue weighted by Crippen LogP contribution is -2.38. The minimum atomic E-state index is 0.386. The van der Waals surface area contributed by atoms with Crippen molar-refractivity contribution in [2.45, 2.75) is 19.8 Å². The average molecular weight is 359 g/mol. The van der Waals surface area contributed by atoms with E-state index in [-0.39, 0.29) is 0 Å². The van der Waals surface area contributed by atoms with Gasteiger partial charge in [-0.25, -0.2) is 14.6 Å². The number of hydrogen-bond donors (Lipinski definition) is 0. The zero-order chi connectivity index (χ0) is 17.6. The lowest BCUT2D eigenvalue weighted by molar-refractivity contribution is 0.122. The van der Waals surface area contributed by atoms with E-state index in [1.54, 1.807) is 0 Å². The molecule has 2 aromatic rings. The van der Waals surface area contributed by atoms with Crippen LogP contribution in [0.25, 0.3) is 11.3 Å². The second-order valence-corrected chi connectivity index (χ2v) is 7.67. The fourth-order valence-corrected chi connectivity index (χ4v) is 4.57. The molecule has 3 aliphatic heterocycles. The normalized spacial score (nSPS) is 27.3. The van der Waals surface area contributed by atoms with Gasteiger partial charge in [-0.15, -0.1) is 0 Å². The Bertz CT molecular complexity index is 791. The molecule has 0 aromatic carbocycles. The smallest absolute Gasteiger partial charge is 0.245 e. The first-order valence-corrected chi connectivity index (χ1v) is 9.57. The third-order valence-corrected chi connectivity index (χ3v) is 6.09. The van der Waals surface area contributed by atoms with Crippen LogP contribution >= 0.6 is 0 Å². The summed E-state index contributed by atoms with van der Waals surface area (Å²) in [5, 5.41) is 7.80. The molecule has 0 amide bonds. The van der Waals surface area contributed by atoms with E-state index in [4.69, 9.17) is 19.3 Å². The van der Waals surface area contributed by atoms with Crippen LogP contribution in [0.15, 0.2) is 4.63 Å². The summed E-state index contributed by atoms with van der Waals surface area (Å²) in [6, 6.07) is 0. The molecule has 1 atom stereocenters. The number of rotatable bonds is 3. The molecule has 5 rings (SSSR count). The lowest BCUT2D eigenvalue weighted by Gasteiger charge is -2.31. The number of anilines is 2. The molecule has 0 N–H and O–H groups in total. The number of nitrogens with zero attached hydrogens (tertiary/aromatic N) is 7. The molecule has 0 bridgehead atoms. The van der Waals surface area contributed by atoms with Crippen molar-refractivity contribution < 1.29 is 9.37 Å². The van der Waals surface area contributed by atoms with E-state index >= 15 is 0 Å². The van der Waals surface area contributed by atoms with Gasteiger partial charge in [-0.3, -0.25) is 0 Å². The molecular weight excluding hydrogens is 334 g/mol. The summed E-state index contributed by atoms with van der Waals surface area (Å²) in [7, 11) is 0. The fourth-order valence-electron chi connectivity index (χ4n) is 4.57. The monoisotopic (exact) mass is 359 g/mol. The van der Waals surface area contributed by atoms with Crippen molar-refractivity contribution in [3.05, 3.63) is 0 Å². The van der Waals surface area contributed by atoms with Crippen molar-refractivity contribution in [2.75, 3.05) is 68.8 Å². The van der Waals surface area contributed by atoms with Gasteiger partial charge < -0.3 is 19.4 Å². The highest BCUT2D eigenvalue weighted by Crippen LogP contribution is 2.42. The fraction of sp³-hybridized carbons (Fsp3) is 0.765. The minimum Gasteiger partial charge on any atom is -0.378 e. The molecule has 9 nitrogen and oxygen atoms in total. The Hall–Kier alpha value is -2.00. The summed E-state index contributed by atoms with van der Waals surface area (Å²) in [6.45, 7) is 10.9. The van der Waals surface area contributed by atoms with Gasteiger partial charge in [0.05, 0.1) is 13.2 Å². The van der Waals surface area contributed by atoms with Gasteiger partial charge >= 0.3 is 0 Å². The van der Waals surface area contributed by atoms with Gasteiger partial charge in [-0.1, -0.05) is 6.92 Å². The standard InChI is InChI=1S/C17H25N7O2/c1-2-22-5-3-17(11-22)4-6-24(12-17)16-15(23-7-9-25-10-8-23)18-13-14(19-16)21-26-20-13/h2-12H2,1H3. The van der Waals surface area contributed by atoms with Gasteiger partial charge in [0.15, 0.2) is 11.6 Å². The third-order valence-electron chi connectivity index (χ3n) is 6.09. The first kappa shape index (κ1) is 16.2. The summed E-state index contributed by atoms with van der Waals surface area (Å²) >= 11 is 0. The van der Waals surface area contributed by atoms with Crippen LogP contribution in [0.3, 0.4) is 0 Å². The largest absolute Gasteiger partial charge is 0.378 e. The minimum absolute atomic E-state index is 0.386. The van der Waals surface area contributed by atoms with Crippen LogP contribution in [0.2, 0.25) is 0 Å². The summed E-state index contributed by atoms with van der Waals surface area (Å²) in [5.41, 5.74) is 1.35. The summed E-state index contributed by atoms with van der Waals surface area (Å²) < 4.78 is 10.4. The zero-order valence-electron chi connectivity index (χ0n) is 15.2. The van der Waals surface area contributed by atoms with Crippen molar-refractivity contribution in [1.82, 2.24) is 25.2 Å². The van der Waals surface area contributed by atoms with E-state index in [1.807, 2.05) is 0 Å².